The summed E-state index contributed by atoms with van der Waals surface area (Å²) in [7, 11) is 1.25. The van der Waals surface area contributed by atoms with E-state index >= 15 is 0 Å². The van der Waals surface area contributed by atoms with Crippen molar-refractivity contribution in [1.29, 1.82) is 0 Å². The van der Waals surface area contributed by atoms with Gasteiger partial charge < -0.3 is 20.1 Å². The van der Waals surface area contributed by atoms with E-state index in [2.05, 4.69) is 30.7 Å². The molecular weight excluding hydrogens is 500 g/mol. The van der Waals surface area contributed by atoms with E-state index < -0.39 is 17.8 Å². The molecule has 0 bridgehead atoms. The number of aromatic nitrogens is 4. The van der Waals surface area contributed by atoms with E-state index in [4.69, 9.17) is 4.74 Å². The van der Waals surface area contributed by atoms with Crippen molar-refractivity contribution in [2.75, 3.05) is 25.6 Å². The largest absolute Gasteiger partial charge is 0.466 e. The molecule has 11 nitrogen and oxygen atoms in total. The molecule has 0 radical (unpaired) electrons. The minimum Gasteiger partial charge on any atom is -0.466 e. The second kappa shape index (κ2) is 11.7. The Kier molecular flexibility index (Phi) is 7.76. The van der Waals surface area contributed by atoms with Crippen molar-refractivity contribution in [2.45, 2.75) is 25.8 Å². The molecule has 2 heterocycles. The van der Waals surface area contributed by atoms with Crippen LogP contribution in [0.15, 0.2) is 60.9 Å². The van der Waals surface area contributed by atoms with Crippen LogP contribution >= 0.6 is 0 Å². The number of methoxy groups -OCH3 is 1. The number of carbonyl (C=O) groups excluding carboxylic acids is 3. The SMILES string of the molecule is COC(=O)COc1ccc(NC(=O)c2ccc(Cn3ccnn3)c3ccccc23)c(C(=O)NCC2CCC2)n1. The van der Waals surface area contributed by atoms with Crippen molar-refractivity contribution in [2.24, 2.45) is 5.92 Å². The monoisotopic (exact) mass is 528 g/mol. The van der Waals surface area contributed by atoms with Crippen molar-refractivity contribution in [3.8, 4) is 5.88 Å². The van der Waals surface area contributed by atoms with Gasteiger partial charge in [0.1, 0.15) is 0 Å². The van der Waals surface area contributed by atoms with Crippen LogP contribution in [0.2, 0.25) is 0 Å². The fraction of sp³-hybridized carbons (Fsp3) is 0.286. The Morgan fingerprint density at radius 1 is 1.03 bits per heavy atom. The number of ether oxygens (including phenoxy) is 2. The molecule has 11 heteroatoms. The first-order valence-corrected chi connectivity index (χ1v) is 12.7. The van der Waals surface area contributed by atoms with Gasteiger partial charge in [-0.25, -0.2) is 14.5 Å². The van der Waals surface area contributed by atoms with Gasteiger partial charge in [-0.1, -0.05) is 42.0 Å². The number of fused-ring (bicyclic) bond motifs is 1. The molecule has 2 N–H and O–H groups in total. The number of hydrogen-bond acceptors (Lipinski definition) is 8. The van der Waals surface area contributed by atoms with Crippen LogP contribution < -0.4 is 15.4 Å². The van der Waals surface area contributed by atoms with E-state index in [0.717, 1.165) is 35.6 Å². The number of benzene rings is 2. The molecule has 1 fully saturated rings. The predicted molar refractivity (Wildman–Crippen MR) is 142 cm³/mol. The van der Waals surface area contributed by atoms with Crippen molar-refractivity contribution < 1.29 is 23.9 Å². The smallest absolute Gasteiger partial charge is 0.343 e. The summed E-state index contributed by atoms with van der Waals surface area (Å²) in [6.45, 7) is 0.676. The highest BCUT2D eigenvalue weighted by molar-refractivity contribution is 6.15. The number of hydrogen-bond donors (Lipinski definition) is 2. The number of anilines is 1. The minimum atomic E-state index is -0.579. The number of rotatable bonds is 10. The molecule has 2 aromatic carbocycles. The zero-order valence-electron chi connectivity index (χ0n) is 21.4. The summed E-state index contributed by atoms with van der Waals surface area (Å²) in [5.41, 5.74) is 1.65. The summed E-state index contributed by atoms with van der Waals surface area (Å²) < 4.78 is 11.7. The molecule has 0 atom stereocenters. The van der Waals surface area contributed by atoms with Crippen molar-refractivity contribution in [1.82, 2.24) is 25.3 Å². The summed E-state index contributed by atoms with van der Waals surface area (Å²) in [5, 5.41) is 15.3. The Morgan fingerprint density at radius 2 is 1.85 bits per heavy atom. The maximum absolute atomic E-state index is 13.5. The second-order valence-electron chi connectivity index (χ2n) is 9.29. The minimum absolute atomic E-state index is 0.00264. The molecule has 1 aliphatic carbocycles. The number of carbonyl (C=O) groups is 3. The van der Waals surface area contributed by atoms with Gasteiger partial charge in [0.2, 0.25) is 5.88 Å². The lowest BCUT2D eigenvalue weighted by Gasteiger charge is -2.25. The molecule has 5 rings (SSSR count). The van der Waals surface area contributed by atoms with Gasteiger partial charge in [0, 0.05) is 24.4 Å². The first-order valence-electron chi connectivity index (χ1n) is 12.7. The molecule has 0 aliphatic heterocycles. The van der Waals surface area contributed by atoms with Crippen molar-refractivity contribution in [3.05, 3.63) is 77.7 Å². The third-order valence-electron chi connectivity index (χ3n) is 6.74. The number of esters is 1. The van der Waals surface area contributed by atoms with Crippen LogP contribution in [-0.2, 0) is 16.1 Å². The fourth-order valence-electron chi connectivity index (χ4n) is 4.38. The van der Waals surface area contributed by atoms with Gasteiger partial charge in [-0.3, -0.25) is 9.59 Å². The van der Waals surface area contributed by atoms with Crippen LogP contribution in [0.1, 0.15) is 45.7 Å². The van der Waals surface area contributed by atoms with Crippen LogP contribution in [0.5, 0.6) is 5.88 Å². The highest BCUT2D eigenvalue weighted by Gasteiger charge is 2.22. The highest BCUT2D eigenvalue weighted by atomic mass is 16.6. The van der Waals surface area contributed by atoms with Crippen molar-refractivity contribution in [3.63, 3.8) is 0 Å². The van der Waals surface area contributed by atoms with Gasteiger partial charge in [-0.05, 0) is 47.2 Å². The molecular formula is C28H28N6O5. The Morgan fingerprint density at radius 3 is 2.56 bits per heavy atom. The predicted octanol–water partition coefficient (Wildman–Crippen LogP) is 3.21. The van der Waals surface area contributed by atoms with Crippen LogP contribution in [0, 0.1) is 5.92 Å². The third kappa shape index (κ3) is 6.03. The first-order chi connectivity index (χ1) is 19.0. The molecule has 0 saturated heterocycles. The van der Waals surface area contributed by atoms with Gasteiger partial charge in [-0.15, -0.1) is 5.10 Å². The Balaban J connectivity index is 1.41. The normalized spacial score (nSPS) is 12.9. The Labute approximate surface area is 224 Å². The third-order valence-corrected chi connectivity index (χ3v) is 6.74. The molecule has 4 aromatic rings. The molecule has 2 amide bonds. The summed E-state index contributed by atoms with van der Waals surface area (Å²) in [6, 6.07) is 14.3. The second-order valence-corrected chi connectivity index (χ2v) is 9.29. The molecule has 2 aromatic heterocycles. The lowest BCUT2D eigenvalue weighted by atomic mass is 9.85. The molecule has 0 unspecified atom stereocenters. The summed E-state index contributed by atoms with van der Waals surface area (Å²) >= 11 is 0. The van der Waals surface area contributed by atoms with Crippen LogP contribution in [-0.4, -0.2) is 58.0 Å². The van der Waals surface area contributed by atoms with E-state index in [1.54, 1.807) is 23.1 Å². The van der Waals surface area contributed by atoms with Crippen LogP contribution in [0.3, 0.4) is 0 Å². The maximum Gasteiger partial charge on any atom is 0.343 e. The van der Waals surface area contributed by atoms with Gasteiger partial charge in [0.15, 0.2) is 12.3 Å². The average Bonchev–Trinajstić information content (AvgIpc) is 3.44. The van der Waals surface area contributed by atoms with E-state index in [-0.39, 0.29) is 23.9 Å². The number of nitrogens with zero attached hydrogens (tertiary/aromatic N) is 4. The van der Waals surface area contributed by atoms with Gasteiger partial charge in [0.05, 0.1) is 25.5 Å². The zero-order valence-corrected chi connectivity index (χ0v) is 21.4. The standard InChI is InChI=1S/C28H28N6O5/c1-38-25(35)17-39-24-12-11-23(26(32-24)28(37)29-15-18-5-4-6-18)31-27(36)22-10-9-19(16-34-14-13-30-33-34)20-7-2-3-8-21(20)22/h2-3,7-14,18H,4-6,15-17H2,1H3,(H,29,37)(H,31,36). The lowest BCUT2D eigenvalue weighted by Crippen LogP contribution is -2.33. The quantitative estimate of drug-likeness (QED) is 0.299. The molecule has 1 aliphatic rings. The van der Waals surface area contributed by atoms with Crippen molar-refractivity contribution >= 4 is 34.2 Å². The number of amides is 2. The summed E-state index contributed by atoms with van der Waals surface area (Å²) in [4.78, 5) is 42.4. The van der Waals surface area contributed by atoms with E-state index in [0.29, 0.717) is 24.6 Å². The lowest BCUT2D eigenvalue weighted by molar-refractivity contribution is -0.143. The van der Waals surface area contributed by atoms with E-state index in [1.807, 2.05) is 30.3 Å². The Hall–Kier alpha value is -4.80. The average molecular weight is 529 g/mol. The zero-order chi connectivity index (χ0) is 27.2. The summed E-state index contributed by atoms with van der Waals surface area (Å²) in [6.07, 6.45) is 6.68. The highest BCUT2D eigenvalue weighted by Crippen LogP contribution is 2.27. The van der Waals surface area contributed by atoms with E-state index in [9.17, 15) is 14.4 Å². The molecule has 1 saturated carbocycles. The van der Waals surface area contributed by atoms with E-state index in [1.165, 1.54) is 19.2 Å². The van der Waals surface area contributed by atoms with Crippen LogP contribution in [0.4, 0.5) is 5.69 Å². The Bertz CT molecular complexity index is 1500. The topological polar surface area (TPSA) is 137 Å². The molecule has 39 heavy (non-hydrogen) atoms. The molecule has 0 spiro atoms. The first kappa shape index (κ1) is 25.8. The summed E-state index contributed by atoms with van der Waals surface area (Å²) in [5.74, 6) is -0.905. The maximum atomic E-state index is 13.5. The molecule has 200 valence electrons. The van der Waals surface area contributed by atoms with Crippen LogP contribution in [0.25, 0.3) is 10.8 Å². The fourth-order valence-corrected chi connectivity index (χ4v) is 4.38. The number of pyridine rings is 1. The number of nitrogens with one attached hydrogen (secondary N) is 2. The van der Waals surface area contributed by atoms with Gasteiger partial charge in [-0.2, -0.15) is 0 Å². The van der Waals surface area contributed by atoms with Gasteiger partial charge >= 0.3 is 5.97 Å². The van der Waals surface area contributed by atoms with Gasteiger partial charge in [0.25, 0.3) is 11.8 Å².